The van der Waals surface area contributed by atoms with Crippen LogP contribution in [0.4, 0.5) is 5.69 Å². The van der Waals surface area contributed by atoms with Gasteiger partial charge >= 0.3 is 0 Å². The van der Waals surface area contributed by atoms with Gasteiger partial charge in [-0.25, -0.2) is 0 Å². The first-order valence-corrected chi connectivity index (χ1v) is 9.92. The third-order valence-corrected chi connectivity index (χ3v) is 5.91. The van der Waals surface area contributed by atoms with Gasteiger partial charge in [0.05, 0.1) is 20.3 Å². The predicted molar refractivity (Wildman–Crippen MR) is 108 cm³/mol. The zero-order valence-corrected chi connectivity index (χ0v) is 17.1. The van der Waals surface area contributed by atoms with E-state index in [-0.39, 0.29) is 18.1 Å². The van der Waals surface area contributed by atoms with E-state index in [2.05, 4.69) is 36.6 Å². The number of carbonyl (C=O) groups is 1. The second kappa shape index (κ2) is 8.17. The Morgan fingerprint density at radius 2 is 1.89 bits per heavy atom. The van der Waals surface area contributed by atoms with Crippen LogP contribution in [0.25, 0.3) is 0 Å². The Morgan fingerprint density at radius 1 is 1.22 bits per heavy atom. The van der Waals surface area contributed by atoms with Gasteiger partial charge in [0.15, 0.2) is 0 Å². The molecule has 1 amide bonds. The molecule has 1 aromatic carbocycles. The van der Waals surface area contributed by atoms with Crippen molar-refractivity contribution < 1.29 is 14.6 Å². The number of aliphatic hydroxyl groups is 1. The van der Waals surface area contributed by atoms with Crippen LogP contribution in [0.5, 0.6) is 5.75 Å². The number of β-amino-alcohol motifs (C(OH)–C–C–N with tert-alkyl or cyclic N) is 1. The van der Waals surface area contributed by atoms with E-state index in [4.69, 9.17) is 9.84 Å². The van der Waals surface area contributed by atoms with Gasteiger partial charge in [-0.3, -0.25) is 14.6 Å². The number of piperazine rings is 1. The lowest BCUT2D eigenvalue weighted by molar-refractivity contribution is -0.121. The number of amides is 1. The molecule has 6 heteroatoms. The van der Waals surface area contributed by atoms with Crippen LogP contribution in [0, 0.1) is 0 Å². The number of rotatable bonds is 5. The molecule has 1 saturated heterocycles. The van der Waals surface area contributed by atoms with E-state index in [9.17, 15) is 4.79 Å². The molecule has 1 aromatic rings. The van der Waals surface area contributed by atoms with Crippen molar-refractivity contribution in [2.75, 3.05) is 57.9 Å². The van der Waals surface area contributed by atoms with Gasteiger partial charge in [0, 0.05) is 44.0 Å². The molecule has 2 aliphatic rings. The minimum Gasteiger partial charge on any atom is -0.497 e. The fourth-order valence-electron chi connectivity index (χ4n) is 4.58. The van der Waals surface area contributed by atoms with E-state index in [1.165, 1.54) is 5.56 Å². The standard InChI is InChI=1S/C21H33N3O3/c1-16-14-21(2,3)24(19-6-5-17(27-4)13-18(16)19)20(26)15-23-9-7-22(8-10-23)11-12-25/h5-6,13,16,25H,7-12,14-15H2,1-4H3/t16-/m1/s1. The van der Waals surface area contributed by atoms with Crippen LogP contribution in [0.15, 0.2) is 18.2 Å². The molecule has 0 aromatic heterocycles. The van der Waals surface area contributed by atoms with E-state index >= 15 is 0 Å². The van der Waals surface area contributed by atoms with Crippen LogP contribution in [0.1, 0.15) is 38.7 Å². The second-order valence-electron chi connectivity index (χ2n) is 8.41. The number of aliphatic hydroxyl groups excluding tert-OH is 1. The smallest absolute Gasteiger partial charge is 0.241 e. The number of hydrogen-bond donors (Lipinski definition) is 1. The Hall–Kier alpha value is -1.63. The predicted octanol–water partition coefficient (Wildman–Crippen LogP) is 1.92. The summed E-state index contributed by atoms with van der Waals surface area (Å²) in [5.74, 6) is 1.39. The van der Waals surface area contributed by atoms with Gasteiger partial charge in [0.2, 0.25) is 5.91 Å². The van der Waals surface area contributed by atoms with Crippen LogP contribution in [0.2, 0.25) is 0 Å². The maximum atomic E-state index is 13.3. The Bertz CT molecular complexity index is 669. The van der Waals surface area contributed by atoms with E-state index in [1.54, 1.807) is 7.11 Å². The van der Waals surface area contributed by atoms with Crippen LogP contribution in [0.3, 0.4) is 0 Å². The van der Waals surface area contributed by atoms with Crippen LogP contribution in [-0.4, -0.2) is 79.3 Å². The Balaban J connectivity index is 1.76. The molecule has 27 heavy (non-hydrogen) atoms. The molecular weight excluding hydrogens is 342 g/mol. The van der Waals surface area contributed by atoms with Crippen molar-refractivity contribution in [2.24, 2.45) is 0 Å². The fourth-order valence-corrected chi connectivity index (χ4v) is 4.58. The first-order chi connectivity index (χ1) is 12.9. The topological polar surface area (TPSA) is 56.2 Å². The molecule has 0 spiro atoms. The molecule has 0 saturated carbocycles. The Kier molecular flexibility index (Phi) is 6.08. The summed E-state index contributed by atoms with van der Waals surface area (Å²) in [6.07, 6.45) is 0.934. The molecule has 0 aliphatic carbocycles. The summed E-state index contributed by atoms with van der Waals surface area (Å²) in [6.45, 7) is 11.4. The number of carbonyl (C=O) groups excluding carboxylic acids is 1. The van der Waals surface area contributed by atoms with Crippen LogP contribution >= 0.6 is 0 Å². The average Bonchev–Trinajstić information content (AvgIpc) is 2.62. The molecule has 2 heterocycles. The lowest BCUT2D eigenvalue weighted by Gasteiger charge is -2.47. The summed E-state index contributed by atoms with van der Waals surface area (Å²) < 4.78 is 5.39. The zero-order valence-electron chi connectivity index (χ0n) is 17.1. The maximum absolute atomic E-state index is 13.3. The van der Waals surface area contributed by atoms with E-state index < -0.39 is 0 Å². The molecule has 6 nitrogen and oxygen atoms in total. The SMILES string of the molecule is COc1ccc2c(c1)[C@H](C)CC(C)(C)N2C(=O)CN1CCN(CCO)CC1. The highest BCUT2D eigenvalue weighted by molar-refractivity contribution is 5.97. The number of methoxy groups -OCH3 is 1. The summed E-state index contributed by atoms with van der Waals surface area (Å²) >= 11 is 0. The summed E-state index contributed by atoms with van der Waals surface area (Å²) in [4.78, 5) is 19.8. The van der Waals surface area contributed by atoms with Crippen molar-refractivity contribution in [1.82, 2.24) is 9.80 Å². The lowest BCUT2D eigenvalue weighted by atomic mass is 9.80. The summed E-state index contributed by atoms with van der Waals surface area (Å²) in [5, 5.41) is 9.08. The molecule has 3 rings (SSSR count). The molecule has 0 unspecified atom stereocenters. The number of nitrogens with zero attached hydrogens (tertiary/aromatic N) is 3. The summed E-state index contributed by atoms with van der Waals surface area (Å²) in [5.41, 5.74) is 2.00. The summed E-state index contributed by atoms with van der Waals surface area (Å²) in [7, 11) is 1.68. The van der Waals surface area contributed by atoms with Gasteiger partial charge in [0.25, 0.3) is 0 Å². The number of ether oxygens (including phenoxy) is 1. The molecule has 2 aliphatic heterocycles. The monoisotopic (exact) mass is 375 g/mol. The van der Waals surface area contributed by atoms with Gasteiger partial charge in [-0.05, 0) is 49.9 Å². The van der Waals surface area contributed by atoms with Crippen molar-refractivity contribution in [3.63, 3.8) is 0 Å². The van der Waals surface area contributed by atoms with Crippen molar-refractivity contribution >= 4 is 11.6 Å². The van der Waals surface area contributed by atoms with E-state index in [0.717, 1.165) is 44.0 Å². The van der Waals surface area contributed by atoms with E-state index in [1.807, 2.05) is 17.0 Å². The third kappa shape index (κ3) is 4.28. The van der Waals surface area contributed by atoms with Gasteiger partial charge in [-0.1, -0.05) is 6.92 Å². The minimum atomic E-state index is -0.212. The average molecular weight is 376 g/mol. The normalized spacial score (nSPS) is 23.1. The first-order valence-electron chi connectivity index (χ1n) is 9.92. The van der Waals surface area contributed by atoms with Gasteiger partial charge in [-0.15, -0.1) is 0 Å². The quantitative estimate of drug-likeness (QED) is 0.852. The highest BCUT2D eigenvalue weighted by atomic mass is 16.5. The maximum Gasteiger partial charge on any atom is 0.241 e. The molecule has 1 atom stereocenters. The molecular formula is C21H33N3O3. The van der Waals surface area contributed by atoms with Crippen LogP contribution < -0.4 is 9.64 Å². The van der Waals surface area contributed by atoms with Crippen LogP contribution in [-0.2, 0) is 4.79 Å². The second-order valence-corrected chi connectivity index (χ2v) is 8.41. The van der Waals surface area contributed by atoms with Crippen molar-refractivity contribution in [3.05, 3.63) is 23.8 Å². The molecule has 0 bridgehead atoms. The largest absolute Gasteiger partial charge is 0.497 e. The molecule has 1 N–H and O–H groups in total. The Labute approximate surface area is 162 Å². The molecule has 150 valence electrons. The van der Waals surface area contributed by atoms with Crippen molar-refractivity contribution in [3.8, 4) is 5.75 Å². The third-order valence-electron chi connectivity index (χ3n) is 5.91. The summed E-state index contributed by atoms with van der Waals surface area (Å²) in [6, 6.07) is 6.05. The van der Waals surface area contributed by atoms with Crippen molar-refractivity contribution in [2.45, 2.75) is 38.6 Å². The van der Waals surface area contributed by atoms with Crippen molar-refractivity contribution in [1.29, 1.82) is 0 Å². The Morgan fingerprint density at radius 3 is 2.52 bits per heavy atom. The van der Waals surface area contributed by atoms with Gasteiger partial charge in [-0.2, -0.15) is 0 Å². The highest BCUT2D eigenvalue weighted by Gasteiger charge is 2.40. The first kappa shape index (κ1) is 20.1. The van der Waals surface area contributed by atoms with Gasteiger partial charge < -0.3 is 14.7 Å². The zero-order chi connectivity index (χ0) is 19.6. The number of benzene rings is 1. The lowest BCUT2D eigenvalue weighted by Crippen LogP contribution is -2.56. The highest BCUT2D eigenvalue weighted by Crippen LogP contribution is 2.44. The minimum absolute atomic E-state index is 0.161. The number of hydrogen-bond acceptors (Lipinski definition) is 5. The number of anilines is 1. The van der Waals surface area contributed by atoms with E-state index in [0.29, 0.717) is 19.0 Å². The molecule has 0 radical (unpaired) electrons. The van der Waals surface area contributed by atoms with Gasteiger partial charge in [0.1, 0.15) is 5.75 Å². The number of fused-ring (bicyclic) bond motifs is 1. The fraction of sp³-hybridized carbons (Fsp3) is 0.667. The molecule has 1 fully saturated rings.